The number of rotatable bonds is 9. The number of ether oxygens (including phenoxy) is 1. The van der Waals surface area contributed by atoms with Gasteiger partial charge in [0.1, 0.15) is 17.1 Å². The number of hydrogen-bond donors (Lipinski definition) is 2. The minimum atomic E-state index is -4.81. The molecule has 11 heteroatoms. The number of benzene rings is 2. The van der Waals surface area contributed by atoms with Gasteiger partial charge in [0.25, 0.3) is 11.5 Å². The number of methoxy groups -OCH3 is 1. The maximum Gasteiger partial charge on any atom is 0.431 e. The van der Waals surface area contributed by atoms with E-state index in [-0.39, 0.29) is 24.3 Å². The molecule has 0 aliphatic heterocycles. The molecule has 6 nitrogen and oxygen atoms in total. The Morgan fingerprint density at radius 2 is 1.69 bits per heavy atom. The fourth-order valence-electron chi connectivity index (χ4n) is 3.54. The van der Waals surface area contributed by atoms with E-state index in [1.807, 2.05) is 0 Å². The standard InChI is InChI=1S/C25H24Cl2F3N3O3/c1-33-21(25(28,29)30)13-18(22(24(33)35)32-14-16-5-8-17(36-2)9-6-16)23(34)31-11-3-4-15-7-10-19(26)20(27)12-15/h5-10,12-13,32H,3-4,11,14H2,1-2H3,(H,31,34). The number of carbonyl (C=O) groups is 1. The van der Waals surface area contributed by atoms with Crippen molar-refractivity contribution < 1.29 is 22.7 Å². The highest BCUT2D eigenvalue weighted by molar-refractivity contribution is 6.42. The van der Waals surface area contributed by atoms with E-state index in [4.69, 9.17) is 27.9 Å². The molecule has 0 aliphatic rings. The lowest BCUT2D eigenvalue weighted by molar-refractivity contribution is -0.143. The fourth-order valence-corrected chi connectivity index (χ4v) is 3.86. The summed E-state index contributed by atoms with van der Waals surface area (Å²) in [5.74, 6) is -0.158. The molecule has 1 heterocycles. The monoisotopic (exact) mass is 541 g/mol. The van der Waals surface area contributed by atoms with E-state index in [9.17, 15) is 22.8 Å². The smallest absolute Gasteiger partial charge is 0.431 e. The number of nitrogens with one attached hydrogen (secondary N) is 2. The van der Waals surface area contributed by atoms with Crippen molar-refractivity contribution in [3.63, 3.8) is 0 Å². The summed E-state index contributed by atoms with van der Waals surface area (Å²) in [6.45, 7) is 0.287. The highest BCUT2D eigenvalue weighted by Gasteiger charge is 2.36. The Kier molecular flexibility index (Phi) is 8.92. The van der Waals surface area contributed by atoms with Crippen molar-refractivity contribution in [1.29, 1.82) is 0 Å². The van der Waals surface area contributed by atoms with Gasteiger partial charge in [-0.3, -0.25) is 9.59 Å². The number of pyridine rings is 1. The summed E-state index contributed by atoms with van der Waals surface area (Å²) in [5, 5.41) is 6.27. The molecule has 2 aromatic carbocycles. The molecule has 0 fully saturated rings. The third kappa shape index (κ3) is 6.73. The lowest BCUT2D eigenvalue weighted by atomic mass is 10.1. The average Bonchev–Trinajstić information content (AvgIpc) is 2.84. The van der Waals surface area contributed by atoms with Crippen molar-refractivity contribution in [3.05, 3.63) is 91.3 Å². The molecule has 3 rings (SSSR count). The van der Waals surface area contributed by atoms with E-state index in [2.05, 4.69) is 10.6 Å². The summed E-state index contributed by atoms with van der Waals surface area (Å²) in [7, 11) is 2.54. The highest BCUT2D eigenvalue weighted by Crippen LogP contribution is 2.30. The normalized spacial score (nSPS) is 11.3. The lowest BCUT2D eigenvalue weighted by Crippen LogP contribution is -2.33. The van der Waals surface area contributed by atoms with Gasteiger partial charge in [0.05, 0.1) is 22.7 Å². The van der Waals surface area contributed by atoms with Crippen molar-refractivity contribution in [2.75, 3.05) is 19.0 Å². The van der Waals surface area contributed by atoms with E-state index in [1.54, 1.807) is 42.5 Å². The van der Waals surface area contributed by atoms with Crippen molar-refractivity contribution in [2.45, 2.75) is 25.6 Å². The zero-order valence-electron chi connectivity index (χ0n) is 19.5. The summed E-state index contributed by atoms with van der Waals surface area (Å²) < 4.78 is 46.2. The van der Waals surface area contributed by atoms with Crippen molar-refractivity contribution >= 4 is 34.8 Å². The van der Waals surface area contributed by atoms with Gasteiger partial charge in [-0.2, -0.15) is 13.2 Å². The first-order valence-electron chi connectivity index (χ1n) is 10.9. The number of carbonyl (C=O) groups excluding carboxylic acids is 1. The Bertz CT molecular complexity index is 1290. The van der Waals surface area contributed by atoms with Gasteiger partial charge >= 0.3 is 6.18 Å². The number of alkyl halides is 3. The molecule has 0 radical (unpaired) electrons. The Hall–Kier alpha value is -3.17. The van der Waals surface area contributed by atoms with Gasteiger partial charge in [-0.1, -0.05) is 41.4 Å². The summed E-state index contributed by atoms with van der Waals surface area (Å²) in [5.41, 5.74) is -1.14. The van der Waals surface area contributed by atoms with Crippen LogP contribution in [0.15, 0.2) is 53.3 Å². The SMILES string of the molecule is COc1ccc(CNc2c(C(=O)NCCCc3ccc(Cl)c(Cl)c3)cc(C(F)(F)F)n(C)c2=O)cc1. The third-order valence-corrected chi connectivity index (χ3v) is 6.24. The minimum Gasteiger partial charge on any atom is -0.497 e. The molecule has 0 spiro atoms. The zero-order valence-corrected chi connectivity index (χ0v) is 21.0. The van der Waals surface area contributed by atoms with E-state index in [0.717, 1.165) is 18.2 Å². The minimum absolute atomic E-state index is 0.113. The van der Waals surface area contributed by atoms with Crippen molar-refractivity contribution in [3.8, 4) is 5.75 Å². The second-order valence-electron chi connectivity index (χ2n) is 7.99. The molecule has 192 valence electrons. The molecule has 1 amide bonds. The Morgan fingerprint density at radius 3 is 2.31 bits per heavy atom. The predicted molar refractivity (Wildman–Crippen MR) is 134 cm³/mol. The van der Waals surface area contributed by atoms with Gasteiger partial charge in [0.15, 0.2) is 0 Å². The van der Waals surface area contributed by atoms with Crippen LogP contribution in [-0.2, 0) is 26.2 Å². The second kappa shape index (κ2) is 11.7. The molecule has 0 aliphatic carbocycles. The van der Waals surface area contributed by atoms with E-state index in [0.29, 0.717) is 39.3 Å². The molecule has 0 bridgehead atoms. The van der Waals surface area contributed by atoms with Gasteiger partial charge in [-0.25, -0.2) is 0 Å². The number of hydrogen-bond acceptors (Lipinski definition) is 4. The number of aromatic nitrogens is 1. The third-order valence-electron chi connectivity index (χ3n) is 5.51. The molecular formula is C25H24Cl2F3N3O3. The van der Waals surface area contributed by atoms with Crippen LogP contribution in [0.1, 0.15) is 33.6 Å². The van der Waals surface area contributed by atoms with Crippen LogP contribution in [0.2, 0.25) is 10.0 Å². The zero-order chi connectivity index (χ0) is 26.5. The highest BCUT2D eigenvalue weighted by atomic mass is 35.5. The van der Waals surface area contributed by atoms with Gasteiger partial charge in [0.2, 0.25) is 0 Å². The van der Waals surface area contributed by atoms with Gasteiger partial charge in [-0.15, -0.1) is 0 Å². The molecule has 3 aromatic rings. The number of halogens is 5. The van der Waals surface area contributed by atoms with Crippen LogP contribution in [0, 0.1) is 0 Å². The van der Waals surface area contributed by atoms with Crippen molar-refractivity contribution in [1.82, 2.24) is 9.88 Å². The first-order valence-corrected chi connectivity index (χ1v) is 11.7. The second-order valence-corrected chi connectivity index (χ2v) is 8.80. The Labute approximate surface area is 216 Å². The number of aryl methyl sites for hydroxylation is 1. The number of amides is 1. The summed E-state index contributed by atoms with van der Waals surface area (Å²) in [6.07, 6.45) is -3.76. The van der Waals surface area contributed by atoms with Crippen LogP contribution in [0.25, 0.3) is 0 Å². The van der Waals surface area contributed by atoms with Gasteiger partial charge in [0, 0.05) is 20.1 Å². The Morgan fingerprint density at radius 1 is 1.03 bits per heavy atom. The first kappa shape index (κ1) is 27.4. The molecule has 1 aromatic heterocycles. The van der Waals surface area contributed by atoms with Crippen LogP contribution >= 0.6 is 23.2 Å². The summed E-state index contributed by atoms with van der Waals surface area (Å²) in [4.78, 5) is 25.7. The van der Waals surface area contributed by atoms with E-state index >= 15 is 0 Å². The van der Waals surface area contributed by atoms with Crippen LogP contribution < -0.4 is 20.9 Å². The fraction of sp³-hybridized carbons (Fsp3) is 0.280. The molecular weight excluding hydrogens is 518 g/mol. The summed E-state index contributed by atoms with van der Waals surface area (Å²) in [6, 6.07) is 12.8. The number of anilines is 1. The van der Waals surface area contributed by atoms with Crippen LogP contribution in [0.5, 0.6) is 5.75 Å². The van der Waals surface area contributed by atoms with Crippen LogP contribution in [0.4, 0.5) is 18.9 Å². The predicted octanol–water partition coefficient (Wildman–Crippen LogP) is 5.69. The molecule has 0 saturated heterocycles. The summed E-state index contributed by atoms with van der Waals surface area (Å²) >= 11 is 11.9. The van der Waals surface area contributed by atoms with Gasteiger partial charge in [-0.05, 0) is 54.3 Å². The molecule has 0 saturated carbocycles. The Balaban J connectivity index is 1.79. The van der Waals surface area contributed by atoms with Crippen molar-refractivity contribution in [2.24, 2.45) is 7.05 Å². The molecule has 0 unspecified atom stereocenters. The number of nitrogens with zero attached hydrogens (tertiary/aromatic N) is 1. The molecule has 0 atom stereocenters. The topological polar surface area (TPSA) is 72.4 Å². The maximum absolute atomic E-state index is 13.5. The molecule has 36 heavy (non-hydrogen) atoms. The maximum atomic E-state index is 13.5. The lowest BCUT2D eigenvalue weighted by Gasteiger charge is -2.18. The quantitative estimate of drug-likeness (QED) is 0.341. The van der Waals surface area contributed by atoms with Gasteiger partial charge < -0.3 is 19.9 Å². The van der Waals surface area contributed by atoms with Crippen LogP contribution in [-0.4, -0.2) is 24.1 Å². The van der Waals surface area contributed by atoms with E-state index in [1.165, 1.54) is 7.11 Å². The first-order chi connectivity index (χ1) is 17.0. The average molecular weight is 542 g/mol. The largest absolute Gasteiger partial charge is 0.497 e. The van der Waals surface area contributed by atoms with Crippen LogP contribution in [0.3, 0.4) is 0 Å². The van der Waals surface area contributed by atoms with E-state index < -0.39 is 23.3 Å². The molecule has 2 N–H and O–H groups in total.